The number of hydrogen-bond acceptors (Lipinski definition) is 4. The maximum atomic E-state index is 12.4. The van der Waals surface area contributed by atoms with Crippen LogP contribution in [0.1, 0.15) is 18.4 Å². The molecular weight excluding hydrogens is 300 g/mol. The molecule has 0 aromatic heterocycles. The van der Waals surface area contributed by atoms with Crippen LogP contribution in [0.3, 0.4) is 0 Å². The molecule has 5 nitrogen and oxygen atoms in total. The summed E-state index contributed by atoms with van der Waals surface area (Å²) in [5.74, 6) is 0.437. The number of nitrogens with zero attached hydrogens (tertiary/aromatic N) is 1. The first-order valence-electron chi connectivity index (χ1n) is 7.56. The molecule has 0 bridgehead atoms. The molecule has 1 aromatic rings. The number of nitrogens with one attached hydrogen (secondary N) is 1. The molecule has 3 rings (SSSR count). The first kappa shape index (κ1) is 15.2. The number of thioether (sulfide) groups is 1. The van der Waals surface area contributed by atoms with Crippen LogP contribution in [-0.2, 0) is 16.0 Å². The number of carbonyl (C=O) groups excluding carboxylic acids is 1. The zero-order valence-electron chi connectivity index (χ0n) is 12.4. The van der Waals surface area contributed by atoms with Crippen LogP contribution in [0.5, 0.6) is 0 Å². The lowest BCUT2D eigenvalue weighted by Crippen LogP contribution is -2.58. The maximum absolute atomic E-state index is 12.4. The molecule has 2 N–H and O–H groups in total. The lowest BCUT2D eigenvalue weighted by atomic mass is 9.92. The number of aliphatic carboxylic acids is 1. The lowest BCUT2D eigenvalue weighted by molar-refractivity contribution is -0.147. The fraction of sp³-hybridized carbons (Fsp3) is 0.500. The van der Waals surface area contributed by atoms with E-state index in [1.54, 1.807) is 11.8 Å². The van der Waals surface area contributed by atoms with E-state index in [1.165, 1.54) is 5.56 Å². The molecule has 0 aliphatic carbocycles. The molecule has 2 heterocycles. The van der Waals surface area contributed by atoms with E-state index in [4.69, 9.17) is 0 Å². The molecule has 2 aliphatic rings. The van der Waals surface area contributed by atoms with E-state index < -0.39 is 11.5 Å². The monoisotopic (exact) mass is 320 g/mol. The highest BCUT2D eigenvalue weighted by atomic mass is 32.2. The topological polar surface area (TPSA) is 69.6 Å². The van der Waals surface area contributed by atoms with Gasteiger partial charge in [0.2, 0.25) is 5.91 Å². The molecule has 6 heteroatoms. The molecule has 1 aromatic carbocycles. The van der Waals surface area contributed by atoms with Gasteiger partial charge in [-0.3, -0.25) is 4.79 Å². The highest BCUT2D eigenvalue weighted by molar-refractivity contribution is 7.99. The van der Waals surface area contributed by atoms with Crippen molar-refractivity contribution in [3.8, 4) is 0 Å². The Balaban J connectivity index is 1.66. The van der Waals surface area contributed by atoms with Crippen molar-refractivity contribution in [3.05, 3.63) is 29.8 Å². The van der Waals surface area contributed by atoms with E-state index in [2.05, 4.69) is 11.4 Å². The number of carboxylic acid groups (broad SMARTS) is 1. The van der Waals surface area contributed by atoms with Gasteiger partial charge in [-0.25, -0.2) is 4.79 Å². The highest BCUT2D eigenvalue weighted by Crippen LogP contribution is 2.29. The lowest BCUT2D eigenvalue weighted by Gasteiger charge is -2.34. The zero-order chi connectivity index (χ0) is 15.6. The Kier molecular flexibility index (Phi) is 4.29. The summed E-state index contributed by atoms with van der Waals surface area (Å²) < 4.78 is 0. The fourth-order valence-electron chi connectivity index (χ4n) is 3.16. The summed E-state index contributed by atoms with van der Waals surface area (Å²) in [6, 6.07) is 8.05. The van der Waals surface area contributed by atoms with Crippen LogP contribution >= 0.6 is 11.8 Å². The molecule has 118 valence electrons. The first-order chi connectivity index (χ1) is 10.6. The Bertz CT molecular complexity index is 585. The third-order valence-corrected chi connectivity index (χ3v) is 5.44. The second-order valence-electron chi connectivity index (χ2n) is 5.85. The molecule has 2 aliphatic heterocycles. The third-order valence-electron chi connectivity index (χ3n) is 4.45. The van der Waals surface area contributed by atoms with Crippen molar-refractivity contribution < 1.29 is 14.7 Å². The van der Waals surface area contributed by atoms with Gasteiger partial charge in [-0.1, -0.05) is 18.2 Å². The highest BCUT2D eigenvalue weighted by Gasteiger charge is 2.41. The van der Waals surface area contributed by atoms with Gasteiger partial charge >= 0.3 is 5.97 Å². The van der Waals surface area contributed by atoms with Crippen molar-refractivity contribution in [3.63, 3.8) is 0 Å². The number of para-hydroxylation sites is 1. The molecule has 22 heavy (non-hydrogen) atoms. The van der Waals surface area contributed by atoms with E-state index in [0.717, 1.165) is 30.2 Å². The summed E-state index contributed by atoms with van der Waals surface area (Å²) in [4.78, 5) is 26.0. The van der Waals surface area contributed by atoms with Gasteiger partial charge in [0.25, 0.3) is 0 Å². The van der Waals surface area contributed by atoms with Crippen LogP contribution < -0.4 is 10.2 Å². The average molecular weight is 320 g/mol. The smallest absolute Gasteiger partial charge is 0.329 e. The number of benzene rings is 1. The summed E-state index contributed by atoms with van der Waals surface area (Å²) in [5, 5.41) is 12.3. The second-order valence-corrected chi connectivity index (χ2v) is 7.07. The van der Waals surface area contributed by atoms with Crippen LogP contribution in [0, 0.1) is 0 Å². The Morgan fingerprint density at radius 2 is 2.00 bits per heavy atom. The number of amides is 1. The van der Waals surface area contributed by atoms with E-state index in [0.29, 0.717) is 12.8 Å². The molecule has 0 atom stereocenters. The van der Waals surface area contributed by atoms with Gasteiger partial charge in [-0.05, 0) is 42.4 Å². The van der Waals surface area contributed by atoms with Crippen molar-refractivity contribution in [2.45, 2.75) is 24.8 Å². The normalized spacial score (nSPS) is 19.5. The molecule has 0 radical (unpaired) electrons. The van der Waals surface area contributed by atoms with Crippen LogP contribution in [0.4, 0.5) is 5.69 Å². The average Bonchev–Trinajstić information content (AvgIpc) is 2.91. The molecule has 1 amide bonds. The summed E-state index contributed by atoms with van der Waals surface area (Å²) >= 11 is 1.74. The van der Waals surface area contributed by atoms with Gasteiger partial charge < -0.3 is 15.3 Å². The minimum Gasteiger partial charge on any atom is -0.480 e. The van der Waals surface area contributed by atoms with Crippen LogP contribution in [-0.4, -0.2) is 47.1 Å². The predicted molar refractivity (Wildman–Crippen MR) is 87.4 cm³/mol. The standard InChI is InChI=1S/C16H20N2O3S/c19-14(17-16(15(20)21)6-9-22-10-7-16)11-18-8-5-12-3-1-2-4-13(12)18/h1-4H,5-11H2,(H,17,19)(H,20,21). The van der Waals surface area contributed by atoms with Crippen LogP contribution in [0.2, 0.25) is 0 Å². The van der Waals surface area contributed by atoms with Crippen LogP contribution in [0.15, 0.2) is 24.3 Å². The van der Waals surface area contributed by atoms with E-state index in [-0.39, 0.29) is 12.5 Å². The Labute approximate surface area is 134 Å². The minimum atomic E-state index is -1.08. The molecule has 1 fully saturated rings. The van der Waals surface area contributed by atoms with Crippen molar-refractivity contribution in [2.75, 3.05) is 29.5 Å². The molecule has 1 saturated heterocycles. The summed E-state index contributed by atoms with van der Waals surface area (Å²) in [5.41, 5.74) is 1.25. The summed E-state index contributed by atoms with van der Waals surface area (Å²) in [6.07, 6.45) is 1.93. The Morgan fingerprint density at radius 1 is 1.27 bits per heavy atom. The molecule has 0 saturated carbocycles. The van der Waals surface area contributed by atoms with Gasteiger partial charge in [0.1, 0.15) is 5.54 Å². The van der Waals surface area contributed by atoms with E-state index >= 15 is 0 Å². The Hall–Kier alpha value is -1.69. The first-order valence-corrected chi connectivity index (χ1v) is 8.71. The zero-order valence-corrected chi connectivity index (χ0v) is 13.2. The van der Waals surface area contributed by atoms with Crippen LogP contribution in [0.25, 0.3) is 0 Å². The van der Waals surface area contributed by atoms with Crippen molar-refractivity contribution in [1.29, 1.82) is 0 Å². The number of carboxylic acids is 1. The predicted octanol–water partition coefficient (Wildman–Crippen LogP) is 1.52. The molecular formula is C16H20N2O3S. The van der Waals surface area contributed by atoms with Gasteiger partial charge in [-0.2, -0.15) is 11.8 Å². The fourth-order valence-corrected chi connectivity index (χ4v) is 4.35. The Morgan fingerprint density at radius 3 is 2.73 bits per heavy atom. The van der Waals surface area contributed by atoms with E-state index in [1.807, 2.05) is 23.1 Å². The van der Waals surface area contributed by atoms with Crippen molar-refractivity contribution in [1.82, 2.24) is 5.32 Å². The van der Waals surface area contributed by atoms with Gasteiger partial charge in [0, 0.05) is 12.2 Å². The van der Waals surface area contributed by atoms with Gasteiger partial charge in [-0.15, -0.1) is 0 Å². The second kappa shape index (κ2) is 6.20. The molecule has 0 spiro atoms. The number of hydrogen-bond donors (Lipinski definition) is 2. The summed E-state index contributed by atoms with van der Waals surface area (Å²) in [7, 11) is 0. The largest absolute Gasteiger partial charge is 0.480 e. The maximum Gasteiger partial charge on any atom is 0.329 e. The quantitative estimate of drug-likeness (QED) is 0.880. The third kappa shape index (κ3) is 2.92. The van der Waals surface area contributed by atoms with E-state index in [9.17, 15) is 14.7 Å². The van der Waals surface area contributed by atoms with Gasteiger partial charge in [0.15, 0.2) is 0 Å². The number of carbonyl (C=O) groups is 2. The van der Waals surface area contributed by atoms with Gasteiger partial charge in [0.05, 0.1) is 6.54 Å². The number of rotatable bonds is 4. The molecule has 0 unspecified atom stereocenters. The minimum absolute atomic E-state index is 0.203. The SMILES string of the molecule is O=C(CN1CCc2ccccc21)NC1(C(=O)O)CCSCC1. The van der Waals surface area contributed by atoms with Crippen molar-refractivity contribution >= 4 is 29.3 Å². The summed E-state index contributed by atoms with van der Waals surface area (Å²) in [6.45, 7) is 1.03. The number of fused-ring (bicyclic) bond motifs is 1. The number of anilines is 1. The van der Waals surface area contributed by atoms with Crippen molar-refractivity contribution in [2.24, 2.45) is 0 Å².